The summed E-state index contributed by atoms with van der Waals surface area (Å²) < 4.78 is 72.2. The molecule has 0 unspecified atom stereocenters. The molecule has 0 saturated carbocycles. The number of rotatable bonds is 3. The molecule has 0 aliphatic carbocycles. The van der Waals surface area contributed by atoms with Crippen LogP contribution in [0.25, 0.3) is 0 Å². The van der Waals surface area contributed by atoms with Gasteiger partial charge in [0.05, 0.1) is 0 Å². The van der Waals surface area contributed by atoms with Crippen LogP contribution in [0.15, 0.2) is 24.3 Å². The second-order valence-electron chi connectivity index (χ2n) is 3.21. The SMILES string of the molecule is O=C(CS(F)(F)(F)(F)F)c1cccc(F)c1. The number of hydrogen-bond acceptors (Lipinski definition) is 1. The Balaban J connectivity index is 2.99. The Kier molecular flexibility index (Phi) is 2.36. The monoisotopic (exact) mass is 264 g/mol. The number of hydrogen-bond donors (Lipinski definition) is 0. The van der Waals surface area contributed by atoms with Gasteiger partial charge in [-0.1, -0.05) is 31.6 Å². The molecule has 0 N–H and O–H groups in total. The number of Topliss-reactive ketones (excluding diaryl/α,β-unsaturated/α-hetero) is 1. The summed E-state index contributed by atoms with van der Waals surface area (Å²) in [6.45, 7) is 0. The summed E-state index contributed by atoms with van der Waals surface area (Å²) >= 11 is 0. The lowest BCUT2D eigenvalue weighted by molar-refractivity contribution is 0.101. The molecule has 1 rings (SSSR count). The van der Waals surface area contributed by atoms with Crippen molar-refractivity contribution in [3.05, 3.63) is 35.6 Å². The van der Waals surface area contributed by atoms with Gasteiger partial charge in [-0.25, -0.2) is 4.39 Å². The Morgan fingerprint density at radius 2 is 1.69 bits per heavy atom. The molecule has 1 aromatic carbocycles. The van der Waals surface area contributed by atoms with E-state index in [1.165, 1.54) is 0 Å². The minimum Gasteiger partial charge on any atom is -0.293 e. The van der Waals surface area contributed by atoms with Crippen LogP contribution >= 0.6 is 10.2 Å². The first-order chi connectivity index (χ1) is 6.86. The average Bonchev–Trinajstić information content (AvgIpc) is 1.98. The number of carbonyl (C=O) groups excluding carboxylic acids is 1. The molecule has 16 heavy (non-hydrogen) atoms. The van der Waals surface area contributed by atoms with E-state index in [-0.39, 0.29) is 0 Å². The predicted octanol–water partition coefficient (Wildman–Crippen LogP) is 4.31. The molecule has 92 valence electrons. The number of benzene rings is 1. The summed E-state index contributed by atoms with van der Waals surface area (Å²) in [5.74, 6) is -5.66. The second kappa shape index (κ2) is 2.93. The third-order valence-corrected chi connectivity index (χ3v) is 2.36. The maximum atomic E-state index is 12.5. The Labute approximate surface area is 86.8 Å². The molecule has 0 radical (unpaired) electrons. The Morgan fingerprint density at radius 3 is 2.12 bits per heavy atom. The topological polar surface area (TPSA) is 17.1 Å². The van der Waals surface area contributed by atoms with E-state index in [1.54, 1.807) is 0 Å². The third-order valence-electron chi connectivity index (χ3n) is 1.55. The standard InChI is InChI=1S/C8H6F6OS/c9-7-3-1-2-6(4-7)8(15)5-16(10,11,12,13)14/h1-4H,5H2. The van der Waals surface area contributed by atoms with Crippen LogP contribution in [-0.2, 0) is 0 Å². The van der Waals surface area contributed by atoms with Crippen LogP contribution < -0.4 is 0 Å². The van der Waals surface area contributed by atoms with Gasteiger partial charge in [-0.2, -0.15) is 0 Å². The molecule has 0 spiro atoms. The molecule has 1 nitrogen and oxygen atoms in total. The van der Waals surface area contributed by atoms with E-state index in [0.29, 0.717) is 6.07 Å². The first-order valence-corrected chi connectivity index (χ1v) is 6.00. The Hall–Kier alpha value is -1.18. The summed E-state index contributed by atoms with van der Waals surface area (Å²) in [5.41, 5.74) is -0.728. The average molecular weight is 264 g/mol. The summed E-state index contributed by atoms with van der Waals surface area (Å²) in [4.78, 5) is 10.9. The van der Waals surface area contributed by atoms with Crippen molar-refractivity contribution in [1.29, 1.82) is 0 Å². The first kappa shape index (κ1) is 12.9. The van der Waals surface area contributed by atoms with E-state index < -0.39 is 33.1 Å². The molecular formula is C8H6F6OS. The molecule has 8 heteroatoms. The van der Waals surface area contributed by atoms with Crippen LogP contribution in [0.5, 0.6) is 0 Å². The van der Waals surface area contributed by atoms with E-state index in [1.807, 2.05) is 0 Å². The summed E-state index contributed by atoms with van der Waals surface area (Å²) in [6, 6.07) is 3.17. The van der Waals surface area contributed by atoms with Crippen molar-refractivity contribution < 1.29 is 28.6 Å². The van der Waals surface area contributed by atoms with Crippen molar-refractivity contribution in [3.8, 4) is 0 Å². The maximum Gasteiger partial charge on any atom is 0.292 e. The highest BCUT2D eigenvalue weighted by atomic mass is 32.5. The lowest BCUT2D eigenvalue weighted by atomic mass is 10.1. The van der Waals surface area contributed by atoms with Gasteiger partial charge in [0.15, 0.2) is 11.5 Å². The molecule has 0 heterocycles. The van der Waals surface area contributed by atoms with Crippen molar-refractivity contribution in [1.82, 2.24) is 0 Å². The molecule has 0 atom stereocenters. The van der Waals surface area contributed by atoms with Gasteiger partial charge in [0.25, 0.3) is 10.2 Å². The van der Waals surface area contributed by atoms with E-state index >= 15 is 0 Å². The number of carbonyl (C=O) groups is 1. The quantitative estimate of drug-likeness (QED) is 0.587. The van der Waals surface area contributed by atoms with Crippen molar-refractivity contribution in [2.24, 2.45) is 0 Å². The van der Waals surface area contributed by atoms with Crippen LogP contribution in [0, 0.1) is 5.82 Å². The van der Waals surface area contributed by atoms with Crippen LogP contribution in [0.1, 0.15) is 10.4 Å². The summed E-state index contributed by atoms with van der Waals surface area (Å²) in [5, 5.41) is 0. The minimum atomic E-state index is -9.79. The highest BCUT2D eigenvalue weighted by Gasteiger charge is 2.64. The van der Waals surface area contributed by atoms with Crippen molar-refractivity contribution >= 4 is 16.0 Å². The largest absolute Gasteiger partial charge is 0.293 e. The van der Waals surface area contributed by atoms with Crippen molar-refractivity contribution in [2.45, 2.75) is 0 Å². The second-order valence-corrected chi connectivity index (χ2v) is 5.75. The Morgan fingerprint density at radius 1 is 1.12 bits per heavy atom. The van der Waals surface area contributed by atoms with Gasteiger partial charge in [-0.05, 0) is 12.1 Å². The number of halogens is 6. The zero-order valence-corrected chi connectivity index (χ0v) is 8.42. The molecule has 0 aliphatic heterocycles. The van der Waals surface area contributed by atoms with Gasteiger partial charge in [0.1, 0.15) is 5.82 Å². The molecule has 0 aliphatic rings. The van der Waals surface area contributed by atoms with Crippen molar-refractivity contribution in [3.63, 3.8) is 0 Å². The molecule has 0 amide bonds. The normalized spacial score (nSPS) is 16.4. The van der Waals surface area contributed by atoms with E-state index in [0.717, 1.165) is 18.2 Å². The zero-order valence-electron chi connectivity index (χ0n) is 7.60. The van der Waals surface area contributed by atoms with Crippen LogP contribution in [0.2, 0.25) is 0 Å². The molecular weight excluding hydrogens is 258 g/mol. The van der Waals surface area contributed by atoms with Gasteiger partial charge in [-0.3, -0.25) is 4.79 Å². The van der Waals surface area contributed by atoms with E-state index in [4.69, 9.17) is 0 Å². The first-order valence-electron chi connectivity index (χ1n) is 3.88. The van der Waals surface area contributed by atoms with Gasteiger partial charge >= 0.3 is 0 Å². The van der Waals surface area contributed by atoms with E-state index in [9.17, 15) is 28.6 Å². The fourth-order valence-corrected chi connectivity index (χ4v) is 1.66. The smallest absolute Gasteiger partial charge is 0.292 e. The highest BCUT2D eigenvalue weighted by Crippen LogP contribution is 2.97. The fraction of sp³-hybridized carbons (Fsp3) is 0.125. The summed E-state index contributed by atoms with van der Waals surface area (Å²) in [6.07, 6.45) is 0. The minimum absolute atomic E-state index is 0.478. The molecule has 0 aromatic heterocycles. The molecule has 0 saturated heterocycles. The van der Waals surface area contributed by atoms with Gasteiger partial charge in [-0.15, -0.1) is 0 Å². The van der Waals surface area contributed by atoms with Crippen LogP contribution in [0.3, 0.4) is 0 Å². The highest BCUT2D eigenvalue weighted by molar-refractivity contribution is 8.46. The zero-order chi connectivity index (χ0) is 12.7. The fourth-order valence-electron chi connectivity index (χ4n) is 0.993. The van der Waals surface area contributed by atoms with Crippen molar-refractivity contribution in [2.75, 3.05) is 5.75 Å². The Bertz CT molecular complexity index is 437. The lowest BCUT2D eigenvalue weighted by Crippen LogP contribution is -2.19. The van der Waals surface area contributed by atoms with Gasteiger partial charge in [0.2, 0.25) is 0 Å². The van der Waals surface area contributed by atoms with Crippen LogP contribution in [0.4, 0.5) is 23.8 Å². The summed E-state index contributed by atoms with van der Waals surface area (Å²) in [7, 11) is -9.79. The van der Waals surface area contributed by atoms with Gasteiger partial charge < -0.3 is 0 Å². The maximum absolute atomic E-state index is 12.5. The predicted molar refractivity (Wildman–Crippen MR) is 48.7 cm³/mol. The van der Waals surface area contributed by atoms with Crippen LogP contribution in [-0.4, -0.2) is 11.5 Å². The molecule has 1 aromatic rings. The third kappa shape index (κ3) is 4.56. The molecule has 0 bridgehead atoms. The van der Waals surface area contributed by atoms with E-state index in [2.05, 4.69) is 0 Å². The van der Waals surface area contributed by atoms with Gasteiger partial charge in [0, 0.05) is 5.56 Å². The number of ketones is 1. The lowest BCUT2D eigenvalue weighted by Gasteiger charge is -2.39. The molecule has 0 fully saturated rings.